The Hall–Kier alpha value is -2.12. The van der Waals surface area contributed by atoms with Crippen molar-refractivity contribution in [2.45, 2.75) is 25.7 Å². The summed E-state index contributed by atoms with van der Waals surface area (Å²) >= 11 is 3.30. The van der Waals surface area contributed by atoms with Crippen LogP contribution in [0.15, 0.2) is 46.9 Å². The molecule has 0 aliphatic carbocycles. The van der Waals surface area contributed by atoms with Crippen molar-refractivity contribution < 1.29 is 13.9 Å². The van der Waals surface area contributed by atoms with Gasteiger partial charge in [0.15, 0.2) is 0 Å². The molecular weight excluding hydrogens is 473 g/mol. The Balaban J connectivity index is 1.22. The number of hydrogen-bond acceptors (Lipinski definition) is 4. The molecule has 0 atom stereocenters. The lowest BCUT2D eigenvalue weighted by Gasteiger charge is -2.36. The van der Waals surface area contributed by atoms with Gasteiger partial charge in [-0.1, -0.05) is 6.42 Å². The van der Waals surface area contributed by atoms with Gasteiger partial charge < -0.3 is 19.4 Å². The van der Waals surface area contributed by atoms with Crippen molar-refractivity contribution >= 4 is 27.5 Å². The number of carbonyl (C=O) groups is 1. The van der Waals surface area contributed by atoms with Crippen LogP contribution >= 0.6 is 15.9 Å². The van der Waals surface area contributed by atoms with Gasteiger partial charge in [0.05, 0.1) is 12.2 Å². The molecule has 0 radical (unpaired) electrons. The first-order valence-electron chi connectivity index (χ1n) is 11.5. The maximum Gasteiger partial charge on any atom is 0.255 e. The molecular formula is C25H31BrFN3O2. The first-order valence-corrected chi connectivity index (χ1v) is 12.3. The van der Waals surface area contributed by atoms with Crippen LogP contribution in [-0.2, 0) is 0 Å². The number of nitrogens with zero attached hydrogens (tertiary/aromatic N) is 3. The Kier molecular flexibility index (Phi) is 8.03. The molecule has 2 fully saturated rings. The van der Waals surface area contributed by atoms with Crippen LogP contribution in [0.4, 0.5) is 10.1 Å². The largest absolute Gasteiger partial charge is 0.494 e. The number of ether oxygens (including phenoxy) is 1. The van der Waals surface area contributed by atoms with E-state index in [4.69, 9.17) is 4.74 Å². The summed E-state index contributed by atoms with van der Waals surface area (Å²) < 4.78 is 19.7. The van der Waals surface area contributed by atoms with Gasteiger partial charge in [0.2, 0.25) is 0 Å². The van der Waals surface area contributed by atoms with Gasteiger partial charge in [0.1, 0.15) is 11.6 Å². The zero-order valence-corrected chi connectivity index (χ0v) is 20.0. The molecule has 0 spiro atoms. The van der Waals surface area contributed by atoms with Crippen LogP contribution in [0.2, 0.25) is 0 Å². The van der Waals surface area contributed by atoms with Crippen LogP contribution < -0.4 is 9.64 Å². The summed E-state index contributed by atoms with van der Waals surface area (Å²) in [6, 6.07) is 12.4. The number of halogens is 2. The Labute approximate surface area is 198 Å². The predicted octanol–water partition coefficient (Wildman–Crippen LogP) is 4.81. The Morgan fingerprint density at radius 1 is 0.938 bits per heavy atom. The minimum absolute atomic E-state index is 0.0650. The van der Waals surface area contributed by atoms with Crippen molar-refractivity contribution in [2.24, 2.45) is 0 Å². The molecule has 4 rings (SSSR count). The standard InChI is InChI=1S/C25H31BrFN3O2/c26-24-19-20(27)5-10-23(24)25(31)30-16-14-29(15-17-30)21-6-8-22(9-7-21)32-18-4-13-28-11-2-1-3-12-28/h5-10,19H,1-4,11-18H2. The number of rotatable bonds is 7. The highest BCUT2D eigenvalue weighted by molar-refractivity contribution is 9.10. The van der Waals surface area contributed by atoms with Gasteiger partial charge in [-0.05, 0) is 90.7 Å². The number of hydrogen-bond donors (Lipinski definition) is 0. The maximum absolute atomic E-state index is 13.3. The van der Waals surface area contributed by atoms with Crippen LogP contribution in [0.3, 0.4) is 0 Å². The second-order valence-electron chi connectivity index (χ2n) is 8.50. The van der Waals surface area contributed by atoms with Crippen LogP contribution in [0.25, 0.3) is 0 Å². The number of amides is 1. The molecule has 0 aromatic heterocycles. The molecule has 2 aromatic carbocycles. The van der Waals surface area contributed by atoms with E-state index in [-0.39, 0.29) is 11.7 Å². The van der Waals surface area contributed by atoms with Gasteiger partial charge in [0.25, 0.3) is 5.91 Å². The van der Waals surface area contributed by atoms with Crippen LogP contribution in [-0.4, -0.2) is 68.1 Å². The van der Waals surface area contributed by atoms with E-state index >= 15 is 0 Å². The zero-order chi connectivity index (χ0) is 22.3. The van der Waals surface area contributed by atoms with E-state index in [9.17, 15) is 9.18 Å². The van der Waals surface area contributed by atoms with Crippen molar-refractivity contribution in [2.75, 3.05) is 57.3 Å². The number of benzene rings is 2. The molecule has 2 saturated heterocycles. The highest BCUT2D eigenvalue weighted by Crippen LogP contribution is 2.23. The summed E-state index contributed by atoms with van der Waals surface area (Å²) in [5.41, 5.74) is 1.64. The summed E-state index contributed by atoms with van der Waals surface area (Å²) in [6.07, 6.45) is 5.09. The fourth-order valence-electron chi connectivity index (χ4n) is 4.42. The molecule has 0 N–H and O–H groups in total. The summed E-state index contributed by atoms with van der Waals surface area (Å²) in [5, 5.41) is 0. The lowest BCUT2D eigenvalue weighted by Crippen LogP contribution is -2.48. The second kappa shape index (κ2) is 11.1. The molecule has 0 saturated carbocycles. The van der Waals surface area contributed by atoms with E-state index in [0.717, 1.165) is 44.1 Å². The molecule has 2 aromatic rings. The molecule has 2 heterocycles. The molecule has 7 heteroatoms. The zero-order valence-electron chi connectivity index (χ0n) is 18.4. The Morgan fingerprint density at radius 3 is 2.34 bits per heavy atom. The van der Waals surface area contributed by atoms with Crippen molar-refractivity contribution in [3.8, 4) is 5.75 Å². The summed E-state index contributed by atoms with van der Waals surface area (Å²) in [5.74, 6) is 0.486. The van der Waals surface area contributed by atoms with Gasteiger partial charge >= 0.3 is 0 Å². The molecule has 32 heavy (non-hydrogen) atoms. The Bertz CT molecular complexity index is 895. The predicted molar refractivity (Wildman–Crippen MR) is 129 cm³/mol. The smallest absolute Gasteiger partial charge is 0.255 e. The third-order valence-corrected chi connectivity index (χ3v) is 6.92. The van der Waals surface area contributed by atoms with Gasteiger partial charge in [-0.2, -0.15) is 0 Å². The highest BCUT2D eigenvalue weighted by atomic mass is 79.9. The second-order valence-corrected chi connectivity index (χ2v) is 9.36. The number of carbonyl (C=O) groups excluding carboxylic acids is 1. The fourth-order valence-corrected chi connectivity index (χ4v) is 4.94. The third kappa shape index (κ3) is 6.01. The van der Waals surface area contributed by atoms with Gasteiger partial charge in [-0.25, -0.2) is 4.39 Å². The minimum atomic E-state index is -0.354. The van der Waals surface area contributed by atoms with Gasteiger partial charge in [-0.15, -0.1) is 0 Å². The number of anilines is 1. The highest BCUT2D eigenvalue weighted by Gasteiger charge is 2.24. The van der Waals surface area contributed by atoms with Crippen molar-refractivity contribution in [3.05, 3.63) is 58.3 Å². The fraction of sp³-hybridized carbons (Fsp3) is 0.480. The SMILES string of the molecule is O=C(c1ccc(F)cc1Br)N1CCN(c2ccc(OCCCN3CCCCC3)cc2)CC1. The number of piperazine rings is 1. The normalized spacial score (nSPS) is 17.4. The molecule has 172 valence electrons. The molecule has 1 amide bonds. The molecule has 0 bridgehead atoms. The molecule has 5 nitrogen and oxygen atoms in total. The topological polar surface area (TPSA) is 36.0 Å². The lowest BCUT2D eigenvalue weighted by atomic mass is 10.1. The molecule has 2 aliphatic rings. The van der Waals surface area contributed by atoms with E-state index in [1.54, 1.807) is 6.07 Å². The number of piperidine rings is 1. The van der Waals surface area contributed by atoms with Crippen LogP contribution in [0, 0.1) is 5.82 Å². The summed E-state index contributed by atoms with van der Waals surface area (Å²) in [7, 11) is 0. The third-order valence-electron chi connectivity index (χ3n) is 6.27. The average molecular weight is 504 g/mol. The first kappa shape index (κ1) is 23.1. The lowest BCUT2D eigenvalue weighted by molar-refractivity contribution is 0.0746. The van der Waals surface area contributed by atoms with E-state index in [1.165, 1.54) is 44.5 Å². The van der Waals surface area contributed by atoms with Crippen molar-refractivity contribution in [1.29, 1.82) is 0 Å². The van der Waals surface area contributed by atoms with Crippen LogP contribution in [0.5, 0.6) is 5.75 Å². The van der Waals surface area contributed by atoms with Gasteiger partial charge in [-0.3, -0.25) is 4.79 Å². The van der Waals surface area contributed by atoms with E-state index in [0.29, 0.717) is 23.1 Å². The summed E-state index contributed by atoms with van der Waals surface area (Å²) in [6.45, 7) is 7.13. The minimum Gasteiger partial charge on any atom is -0.494 e. The maximum atomic E-state index is 13.3. The van der Waals surface area contributed by atoms with E-state index < -0.39 is 0 Å². The monoisotopic (exact) mass is 503 g/mol. The quantitative estimate of drug-likeness (QED) is 0.508. The van der Waals surface area contributed by atoms with Crippen LogP contribution in [0.1, 0.15) is 36.0 Å². The molecule has 2 aliphatic heterocycles. The van der Waals surface area contributed by atoms with Crippen molar-refractivity contribution in [3.63, 3.8) is 0 Å². The number of likely N-dealkylation sites (tertiary alicyclic amines) is 1. The molecule has 0 unspecified atom stereocenters. The summed E-state index contributed by atoms with van der Waals surface area (Å²) in [4.78, 5) is 19.4. The first-order chi connectivity index (χ1) is 15.6. The average Bonchev–Trinajstić information content (AvgIpc) is 2.83. The Morgan fingerprint density at radius 2 is 1.66 bits per heavy atom. The van der Waals surface area contributed by atoms with Gasteiger partial charge in [0, 0.05) is 42.9 Å². The van der Waals surface area contributed by atoms with E-state index in [1.807, 2.05) is 17.0 Å². The van der Waals surface area contributed by atoms with E-state index in [2.05, 4.69) is 37.9 Å². The van der Waals surface area contributed by atoms with Crippen molar-refractivity contribution in [1.82, 2.24) is 9.80 Å².